The van der Waals surface area contributed by atoms with Crippen molar-refractivity contribution < 1.29 is 36.4 Å². The third-order valence-electron chi connectivity index (χ3n) is 4.65. The maximum absolute atomic E-state index is 7.00. The van der Waals surface area contributed by atoms with E-state index in [9.17, 15) is 0 Å². The maximum Gasteiger partial charge on any atom is 2.00 e. The van der Waals surface area contributed by atoms with Gasteiger partial charge in [-0.25, -0.2) is 0 Å². The molecular formula is C22H31BrO2Zr. The maximum atomic E-state index is 7.00. The fourth-order valence-electron chi connectivity index (χ4n) is 2.75. The summed E-state index contributed by atoms with van der Waals surface area (Å²) in [7, 11) is 2.00. The van der Waals surface area contributed by atoms with Crippen LogP contribution in [0.15, 0.2) is 34.8 Å². The molecule has 0 saturated heterocycles. The molecule has 0 unspecified atom stereocenters. The second-order valence-electron chi connectivity index (χ2n) is 5.90. The van der Waals surface area contributed by atoms with Gasteiger partial charge in [-0.2, -0.15) is 33.9 Å². The molecule has 2 N–H and O–H groups in total. The Labute approximate surface area is 186 Å². The van der Waals surface area contributed by atoms with Crippen LogP contribution in [0.1, 0.15) is 33.4 Å². The fraction of sp³-hybridized carbons (Fsp3) is 0.364. The van der Waals surface area contributed by atoms with E-state index in [1.807, 2.05) is 0 Å². The number of hydrogen-bond acceptors (Lipinski definition) is 2. The van der Waals surface area contributed by atoms with Crippen LogP contribution in [0, 0.1) is 41.5 Å². The molecule has 142 valence electrons. The molecule has 0 aromatic heterocycles. The molecule has 3 aromatic carbocycles. The summed E-state index contributed by atoms with van der Waals surface area (Å²) in [6, 6.07) is 10.7. The van der Waals surface area contributed by atoms with E-state index >= 15 is 0 Å². The standard InChI is InChI=1S/C10H8Br.C10H15.2CH4O.Zr/c1-7-5-8-3-2-4-10(11)9(8)6-7;1-6-7(2)9(4)10(5)8(6)3;2*1-2;/h2-6H,1H3;1-5H3;2*2H,1H3;/q2*-1;;;+2. The van der Waals surface area contributed by atoms with E-state index in [2.05, 4.69) is 87.8 Å². The largest absolute Gasteiger partial charge is 2.00 e. The molecule has 0 aliphatic rings. The van der Waals surface area contributed by atoms with Crippen molar-refractivity contribution in [1.82, 2.24) is 0 Å². The van der Waals surface area contributed by atoms with Crippen molar-refractivity contribution in [3.63, 3.8) is 0 Å². The first-order valence-electron chi connectivity index (χ1n) is 8.23. The number of hydrogen-bond donors (Lipinski definition) is 2. The average molecular weight is 499 g/mol. The van der Waals surface area contributed by atoms with Crippen LogP contribution in [0.25, 0.3) is 10.8 Å². The minimum absolute atomic E-state index is 0. The zero-order chi connectivity index (χ0) is 19.7. The normalized spacial score (nSPS) is 9.04. The van der Waals surface area contributed by atoms with Crippen molar-refractivity contribution in [2.24, 2.45) is 0 Å². The first-order chi connectivity index (χ1) is 11.8. The van der Waals surface area contributed by atoms with Crippen LogP contribution in [0.3, 0.4) is 0 Å². The van der Waals surface area contributed by atoms with Crippen molar-refractivity contribution in [3.05, 3.63) is 68.2 Å². The van der Waals surface area contributed by atoms with E-state index in [4.69, 9.17) is 10.2 Å². The predicted molar refractivity (Wildman–Crippen MR) is 114 cm³/mol. The van der Waals surface area contributed by atoms with Gasteiger partial charge in [0.15, 0.2) is 0 Å². The van der Waals surface area contributed by atoms with Gasteiger partial charge in [0.25, 0.3) is 0 Å². The third kappa shape index (κ3) is 6.89. The minimum atomic E-state index is 0. The van der Waals surface area contributed by atoms with E-state index in [1.165, 1.54) is 48.6 Å². The first-order valence-corrected chi connectivity index (χ1v) is 9.03. The van der Waals surface area contributed by atoms with Crippen molar-refractivity contribution in [1.29, 1.82) is 0 Å². The number of rotatable bonds is 0. The molecule has 0 amide bonds. The van der Waals surface area contributed by atoms with Gasteiger partial charge in [0.1, 0.15) is 0 Å². The molecule has 0 aliphatic heterocycles. The van der Waals surface area contributed by atoms with Crippen LogP contribution in [0.2, 0.25) is 0 Å². The number of aryl methyl sites for hydroxylation is 1. The summed E-state index contributed by atoms with van der Waals surface area (Å²) in [6.45, 7) is 13.1. The molecule has 26 heavy (non-hydrogen) atoms. The van der Waals surface area contributed by atoms with Crippen LogP contribution < -0.4 is 0 Å². The summed E-state index contributed by atoms with van der Waals surface area (Å²) < 4.78 is 1.18. The summed E-state index contributed by atoms with van der Waals surface area (Å²) in [5, 5.41) is 16.6. The molecule has 0 radical (unpaired) electrons. The summed E-state index contributed by atoms with van der Waals surface area (Å²) in [6.07, 6.45) is 0. The van der Waals surface area contributed by atoms with Gasteiger partial charge in [-0.15, -0.1) is 34.5 Å². The molecule has 0 aliphatic carbocycles. The van der Waals surface area contributed by atoms with E-state index in [0.29, 0.717) is 0 Å². The van der Waals surface area contributed by atoms with E-state index in [1.54, 1.807) is 0 Å². The van der Waals surface area contributed by atoms with Gasteiger partial charge < -0.3 is 10.2 Å². The van der Waals surface area contributed by atoms with Crippen LogP contribution in [-0.4, -0.2) is 24.4 Å². The molecule has 0 saturated carbocycles. The summed E-state index contributed by atoms with van der Waals surface area (Å²) >= 11 is 3.51. The molecule has 2 nitrogen and oxygen atoms in total. The Bertz CT molecular complexity index is 705. The van der Waals surface area contributed by atoms with Crippen molar-refractivity contribution >= 4 is 26.7 Å². The number of fused-ring (bicyclic) bond motifs is 1. The van der Waals surface area contributed by atoms with Gasteiger partial charge in [-0.1, -0.05) is 63.5 Å². The zero-order valence-electron chi connectivity index (χ0n) is 17.2. The summed E-state index contributed by atoms with van der Waals surface area (Å²) in [5.41, 5.74) is 8.66. The van der Waals surface area contributed by atoms with Crippen LogP contribution in [-0.2, 0) is 26.2 Å². The molecule has 0 bridgehead atoms. The molecule has 0 fully saturated rings. The van der Waals surface area contributed by atoms with Crippen molar-refractivity contribution in [3.8, 4) is 0 Å². The van der Waals surface area contributed by atoms with Crippen LogP contribution in [0.5, 0.6) is 0 Å². The number of aliphatic hydroxyl groups excluding tert-OH is 2. The quantitative estimate of drug-likeness (QED) is 0.385. The molecule has 0 atom stereocenters. The van der Waals surface area contributed by atoms with E-state index in [-0.39, 0.29) is 26.2 Å². The van der Waals surface area contributed by atoms with Crippen LogP contribution in [0.4, 0.5) is 0 Å². The Morgan fingerprint density at radius 1 is 0.885 bits per heavy atom. The molecule has 3 rings (SSSR count). The summed E-state index contributed by atoms with van der Waals surface area (Å²) in [5.74, 6) is 0. The predicted octanol–water partition coefficient (Wildman–Crippen LogP) is 5.79. The van der Waals surface area contributed by atoms with Crippen molar-refractivity contribution in [2.75, 3.05) is 14.2 Å². The van der Waals surface area contributed by atoms with Gasteiger partial charge in [-0.05, 0) is 4.47 Å². The Kier molecular flexibility index (Phi) is 14.5. The van der Waals surface area contributed by atoms with Crippen molar-refractivity contribution in [2.45, 2.75) is 41.5 Å². The molecule has 3 aromatic rings. The average Bonchev–Trinajstić information content (AvgIpc) is 3.10. The Morgan fingerprint density at radius 3 is 1.69 bits per heavy atom. The topological polar surface area (TPSA) is 40.5 Å². The van der Waals surface area contributed by atoms with Gasteiger partial charge in [0, 0.05) is 14.2 Å². The second kappa shape index (κ2) is 13.6. The van der Waals surface area contributed by atoms with Crippen LogP contribution >= 0.6 is 15.9 Å². The van der Waals surface area contributed by atoms with Gasteiger partial charge in [0.2, 0.25) is 0 Å². The fourth-order valence-corrected chi connectivity index (χ4v) is 3.25. The second-order valence-corrected chi connectivity index (χ2v) is 6.75. The number of benzene rings is 1. The SMILES string of the molecule is CO.CO.Cc1c(C)c(C)[c-](C)c1C.Cc1cc2c(Br)cccc2[cH-]1.[Zr+2]. The van der Waals surface area contributed by atoms with Gasteiger partial charge in [-0.3, -0.25) is 0 Å². The summed E-state index contributed by atoms with van der Waals surface area (Å²) in [4.78, 5) is 0. The number of aliphatic hydroxyl groups is 2. The Balaban J connectivity index is 0. The monoisotopic (exact) mass is 496 g/mol. The Morgan fingerprint density at radius 2 is 1.35 bits per heavy atom. The first kappa shape index (κ1) is 27.7. The van der Waals surface area contributed by atoms with E-state index in [0.717, 1.165) is 14.2 Å². The number of halogens is 1. The molecule has 4 heteroatoms. The van der Waals surface area contributed by atoms with E-state index < -0.39 is 0 Å². The zero-order valence-corrected chi connectivity index (χ0v) is 21.2. The smallest absolute Gasteiger partial charge is 0.400 e. The van der Waals surface area contributed by atoms with Gasteiger partial charge >= 0.3 is 26.2 Å². The van der Waals surface area contributed by atoms with Gasteiger partial charge in [0.05, 0.1) is 0 Å². The third-order valence-corrected chi connectivity index (χ3v) is 5.35. The Hall–Kier alpha value is -0.537. The minimum Gasteiger partial charge on any atom is -0.400 e. The molecule has 0 heterocycles. The molecule has 0 spiro atoms. The molecular weight excluding hydrogens is 467 g/mol.